The maximum absolute atomic E-state index is 12.8. The van der Waals surface area contributed by atoms with Crippen LogP contribution in [0.5, 0.6) is 0 Å². The summed E-state index contributed by atoms with van der Waals surface area (Å²) in [7, 11) is 0. The molecule has 1 rings (SSSR count). The number of hydrogen-bond donors (Lipinski definition) is 1. The Morgan fingerprint density at radius 1 is 1.29 bits per heavy atom. The average Bonchev–Trinajstić information content (AvgIpc) is 2.27. The molecule has 0 radical (unpaired) electrons. The van der Waals surface area contributed by atoms with E-state index in [1.54, 1.807) is 0 Å². The normalized spacial score (nSPS) is 11.5. The topological polar surface area (TPSA) is 37.8 Å². The van der Waals surface area contributed by atoms with Gasteiger partial charge in [-0.05, 0) is 11.8 Å². The number of rotatable bonds is 7. The maximum atomic E-state index is 12.8. The van der Waals surface area contributed by atoms with Crippen molar-refractivity contribution in [1.82, 2.24) is 9.97 Å². The molecular weight excluding hydrogens is 217 g/mol. The van der Waals surface area contributed by atoms with Crippen LogP contribution >= 0.6 is 0 Å². The first-order valence-corrected chi connectivity index (χ1v) is 6.25. The number of halogens is 1. The summed E-state index contributed by atoms with van der Waals surface area (Å²) in [6.45, 7) is 7.43. The molecule has 0 aromatic carbocycles. The third-order valence-corrected chi connectivity index (χ3v) is 2.84. The zero-order valence-electron chi connectivity index (χ0n) is 11.0. The van der Waals surface area contributed by atoms with E-state index in [1.165, 1.54) is 38.1 Å². The van der Waals surface area contributed by atoms with E-state index in [1.807, 2.05) is 0 Å². The second-order valence-electron chi connectivity index (χ2n) is 5.20. The van der Waals surface area contributed by atoms with Crippen LogP contribution in [0.15, 0.2) is 12.4 Å². The highest BCUT2D eigenvalue weighted by Gasteiger charge is 2.17. The summed E-state index contributed by atoms with van der Waals surface area (Å²) >= 11 is 0. The highest BCUT2D eigenvalue weighted by atomic mass is 19.1. The SMILES string of the molecule is CCCCCC(C)(C)CNc1cc(F)ncn1. The largest absolute Gasteiger partial charge is 0.369 e. The highest BCUT2D eigenvalue weighted by Crippen LogP contribution is 2.24. The van der Waals surface area contributed by atoms with Gasteiger partial charge in [-0.25, -0.2) is 9.97 Å². The molecule has 1 heterocycles. The Labute approximate surface area is 103 Å². The third-order valence-electron chi connectivity index (χ3n) is 2.84. The Morgan fingerprint density at radius 3 is 2.71 bits per heavy atom. The minimum atomic E-state index is -0.494. The molecule has 0 atom stereocenters. The maximum Gasteiger partial charge on any atom is 0.217 e. The van der Waals surface area contributed by atoms with Crippen LogP contribution in [0.4, 0.5) is 10.2 Å². The number of aromatic nitrogens is 2. The molecule has 0 spiro atoms. The Bertz CT molecular complexity index is 339. The van der Waals surface area contributed by atoms with Crippen LogP contribution in [-0.4, -0.2) is 16.5 Å². The molecule has 0 saturated heterocycles. The van der Waals surface area contributed by atoms with Gasteiger partial charge in [0.25, 0.3) is 0 Å². The molecule has 3 nitrogen and oxygen atoms in total. The molecule has 0 aliphatic rings. The fourth-order valence-electron chi connectivity index (χ4n) is 1.70. The van der Waals surface area contributed by atoms with Crippen molar-refractivity contribution in [2.24, 2.45) is 5.41 Å². The predicted octanol–water partition coefficient (Wildman–Crippen LogP) is 3.63. The van der Waals surface area contributed by atoms with Crippen molar-refractivity contribution < 1.29 is 4.39 Å². The van der Waals surface area contributed by atoms with Gasteiger partial charge in [0.2, 0.25) is 5.95 Å². The van der Waals surface area contributed by atoms with Gasteiger partial charge in [0, 0.05) is 12.6 Å². The lowest BCUT2D eigenvalue weighted by atomic mass is 9.87. The number of hydrogen-bond acceptors (Lipinski definition) is 3. The first kappa shape index (κ1) is 13.9. The summed E-state index contributed by atoms with van der Waals surface area (Å²) in [5.74, 6) is 0.0624. The molecule has 0 amide bonds. The second kappa shape index (κ2) is 6.52. The smallest absolute Gasteiger partial charge is 0.217 e. The van der Waals surface area contributed by atoms with Crippen molar-refractivity contribution in [3.05, 3.63) is 18.3 Å². The van der Waals surface area contributed by atoms with E-state index in [2.05, 4.69) is 36.1 Å². The zero-order chi connectivity index (χ0) is 12.7. The van der Waals surface area contributed by atoms with Crippen LogP contribution in [-0.2, 0) is 0 Å². The summed E-state index contributed by atoms with van der Waals surface area (Å²) in [5, 5.41) is 3.16. The van der Waals surface area contributed by atoms with Gasteiger partial charge in [-0.2, -0.15) is 4.39 Å². The molecular formula is C13H22FN3. The number of nitrogens with one attached hydrogen (secondary N) is 1. The van der Waals surface area contributed by atoms with E-state index in [0.29, 0.717) is 5.82 Å². The van der Waals surface area contributed by atoms with Gasteiger partial charge in [-0.3, -0.25) is 0 Å². The van der Waals surface area contributed by atoms with E-state index in [-0.39, 0.29) is 5.41 Å². The predicted molar refractivity (Wildman–Crippen MR) is 68.4 cm³/mol. The number of unbranched alkanes of at least 4 members (excludes halogenated alkanes) is 2. The number of anilines is 1. The Balaban J connectivity index is 2.38. The molecule has 0 fully saturated rings. The van der Waals surface area contributed by atoms with Crippen LogP contribution in [0.2, 0.25) is 0 Å². The summed E-state index contributed by atoms with van der Waals surface area (Å²) in [5.41, 5.74) is 0.205. The van der Waals surface area contributed by atoms with Crippen molar-refractivity contribution in [2.45, 2.75) is 46.5 Å². The van der Waals surface area contributed by atoms with Gasteiger partial charge in [0.1, 0.15) is 12.1 Å². The molecule has 17 heavy (non-hydrogen) atoms. The standard InChI is InChI=1S/C13H22FN3/c1-4-5-6-7-13(2,3)9-15-12-8-11(14)16-10-17-12/h8,10H,4-7,9H2,1-3H3,(H,15,16,17). The fraction of sp³-hybridized carbons (Fsp3) is 0.692. The van der Waals surface area contributed by atoms with Gasteiger partial charge >= 0.3 is 0 Å². The van der Waals surface area contributed by atoms with Crippen molar-refractivity contribution >= 4 is 5.82 Å². The summed E-state index contributed by atoms with van der Waals surface area (Å²) in [4.78, 5) is 7.40. The molecule has 1 aromatic rings. The van der Waals surface area contributed by atoms with Crippen LogP contribution < -0.4 is 5.32 Å². The van der Waals surface area contributed by atoms with Gasteiger partial charge in [0.15, 0.2) is 0 Å². The average molecular weight is 239 g/mol. The van der Waals surface area contributed by atoms with E-state index >= 15 is 0 Å². The minimum absolute atomic E-state index is 0.205. The zero-order valence-corrected chi connectivity index (χ0v) is 11.0. The lowest BCUT2D eigenvalue weighted by molar-refractivity contribution is 0.342. The van der Waals surface area contributed by atoms with Crippen molar-refractivity contribution in [1.29, 1.82) is 0 Å². The third kappa shape index (κ3) is 5.61. The van der Waals surface area contributed by atoms with E-state index in [0.717, 1.165) is 6.54 Å². The van der Waals surface area contributed by atoms with Crippen LogP contribution in [0, 0.1) is 11.4 Å². The van der Waals surface area contributed by atoms with Crippen molar-refractivity contribution in [2.75, 3.05) is 11.9 Å². The molecule has 0 aliphatic carbocycles. The highest BCUT2D eigenvalue weighted by molar-refractivity contribution is 5.32. The molecule has 0 saturated carbocycles. The van der Waals surface area contributed by atoms with E-state index < -0.39 is 5.95 Å². The van der Waals surface area contributed by atoms with Gasteiger partial charge in [-0.1, -0.05) is 40.0 Å². The first-order valence-electron chi connectivity index (χ1n) is 6.25. The Morgan fingerprint density at radius 2 is 2.06 bits per heavy atom. The molecule has 0 unspecified atom stereocenters. The van der Waals surface area contributed by atoms with Crippen LogP contribution in [0.1, 0.15) is 46.5 Å². The van der Waals surface area contributed by atoms with Gasteiger partial charge < -0.3 is 5.32 Å². The summed E-state index contributed by atoms with van der Waals surface area (Å²) in [6.07, 6.45) is 6.15. The first-order chi connectivity index (χ1) is 8.03. The lowest BCUT2D eigenvalue weighted by Gasteiger charge is -2.25. The molecule has 96 valence electrons. The molecule has 1 N–H and O–H groups in total. The van der Waals surface area contributed by atoms with Crippen LogP contribution in [0.3, 0.4) is 0 Å². The summed E-state index contributed by atoms with van der Waals surface area (Å²) in [6, 6.07) is 1.32. The monoisotopic (exact) mass is 239 g/mol. The molecule has 4 heteroatoms. The molecule has 0 bridgehead atoms. The van der Waals surface area contributed by atoms with Crippen molar-refractivity contribution in [3.8, 4) is 0 Å². The number of nitrogens with zero attached hydrogens (tertiary/aromatic N) is 2. The van der Waals surface area contributed by atoms with Crippen LogP contribution in [0.25, 0.3) is 0 Å². The van der Waals surface area contributed by atoms with E-state index in [9.17, 15) is 4.39 Å². The molecule has 1 aromatic heterocycles. The second-order valence-corrected chi connectivity index (χ2v) is 5.20. The van der Waals surface area contributed by atoms with Crippen molar-refractivity contribution in [3.63, 3.8) is 0 Å². The Hall–Kier alpha value is -1.19. The quantitative estimate of drug-likeness (QED) is 0.583. The fourth-order valence-corrected chi connectivity index (χ4v) is 1.70. The Kier molecular flexibility index (Phi) is 5.32. The van der Waals surface area contributed by atoms with Gasteiger partial charge in [-0.15, -0.1) is 0 Å². The van der Waals surface area contributed by atoms with E-state index in [4.69, 9.17) is 0 Å². The lowest BCUT2D eigenvalue weighted by Crippen LogP contribution is -2.23. The summed E-state index contributed by atoms with van der Waals surface area (Å²) < 4.78 is 12.8. The van der Waals surface area contributed by atoms with Gasteiger partial charge in [0.05, 0.1) is 0 Å². The molecule has 0 aliphatic heterocycles. The minimum Gasteiger partial charge on any atom is -0.369 e.